The Morgan fingerprint density at radius 1 is 1.32 bits per heavy atom. The molecule has 0 atom stereocenters. The summed E-state index contributed by atoms with van der Waals surface area (Å²) in [7, 11) is 1.27. The van der Waals surface area contributed by atoms with Gasteiger partial charge in [-0.3, -0.25) is 4.98 Å². The number of halogens is 1. The first kappa shape index (κ1) is 13.3. The van der Waals surface area contributed by atoms with Crippen molar-refractivity contribution in [2.75, 3.05) is 7.11 Å². The Morgan fingerprint density at radius 3 is 2.84 bits per heavy atom. The number of aromatic nitrogens is 2. The molecule has 0 saturated carbocycles. The lowest BCUT2D eigenvalue weighted by atomic mass is 10.2. The van der Waals surface area contributed by atoms with Gasteiger partial charge in [0.1, 0.15) is 5.75 Å². The molecule has 0 radical (unpaired) electrons. The lowest BCUT2D eigenvalue weighted by molar-refractivity contribution is 0.0592. The van der Waals surface area contributed by atoms with Gasteiger partial charge in [-0.15, -0.1) is 0 Å². The van der Waals surface area contributed by atoms with Gasteiger partial charge in [-0.1, -0.05) is 17.7 Å². The van der Waals surface area contributed by atoms with Crippen LogP contribution in [0.5, 0.6) is 11.6 Å². The maximum Gasteiger partial charge on any atom is 0.358 e. The molecular weight excluding hydrogens is 268 g/mol. The highest BCUT2D eigenvalue weighted by atomic mass is 35.5. The molecular formula is C13H11ClN2O3. The van der Waals surface area contributed by atoms with Gasteiger partial charge in [-0.2, -0.15) is 0 Å². The number of esters is 1. The van der Waals surface area contributed by atoms with E-state index in [1.165, 1.54) is 19.5 Å². The average molecular weight is 279 g/mol. The summed E-state index contributed by atoms with van der Waals surface area (Å²) in [5, 5.41) is 0.455. The minimum absolute atomic E-state index is 0.0729. The first-order valence-corrected chi connectivity index (χ1v) is 5.82. The first-order valence-electron chi connectivity index (χ1n) is 5.44. The van der Waals surface area contributed by atoms with Crippen molar-refractivity contribution < 1.29 is 14.3 Å². The van der Waals surface area contributed by atoms with E-state index in [0.29, 0.717) is 10.8 Å². The number of ether oxygens (including phenoxy) is 2. The molecule has 1 aromatic carbocycles. The maximum absolute atomic E-state index is 11.3. The van der Waals surface area contributed by atoms with Crippen LogP contribution in [-0.4, -0.2) is 23.0 Å². The molecule has 0 fully saturated rings. The molecule has 0 aliphatic carbocycles. The van der Waals surface area contributed by atoms with E-state index in [9.17, 15) is 4.79 Å². The Balaban J connectivity index is 2.28. The molecule has 6 heteroatoms. The maximum atomic E-state index is 11.3. The van der Waals surface area contributed by atoms with E-state index in [1.807, 2.05) is 13.0 Å². The van der Waals surface area contributed by atoms with Gasteiger partial charge >= 0.3 is 5.97 Å². The highest BCUT2D eigenvalue weighted by Crippen LogP contribution is 2.29. The fourth-order valence-corrected chi connectivity index (χ4v) is 1.56. The first-order chi connectivity index (χ1) is 9.10. The third-order valence-corrected chi connectivity index (χ3v) is 2.62. The van der Waals surface area contributed by atoms with Crippen molar-refractivity contribution in [3.8, 4) is 11.6 Å². The highest BCUT2D eigenvalue weighted by Gasteiger charge is 2.10. The van der Waals surface area contributed by atoms with Crippen molar-refractivity contribution in [2.24, 2.45) is 0 Å². The molecule has 2 rings (SSSR count). The number of carbonyl (C=O) groups is 1. The van der Waals surface area contributed by atoms with Gasteiger partial charge in [0, 0.05) is 0 Å². The van der Waals surface area contributed by atoms with E-state index in [-0.39, 0.29) is 11.6 Å². The quantitative estimate of drug-likeness (QED) is 0.808. The number of hydrogen-bond donors (Lipinski definition) is 0. The van der Waals surface area contributed by atoms with Crippen molar-refractivity contribution in [1.82, 2.24) is 9.97 Å². The largest absolute Gasteiger partial charge is 0.464 e. The van der Waals surface area contributed by atoms with Crippen LogP contribution >= 0.6 is 11.6 Å². The highest BCUT2D eigenvalue weighted by molar-refractivity contribution is 6.32. The Morgan fingerprint density at radius 2 is 2.11 bits per heavy atom. The van der Waals surface area contributed by atoms with E-state index in [0.717, 1.165) is 5.56 Å². The molecule has 0 bridgehead atoms. The Kier molecular flexibility index (Phi) is 3.97. The molecule has 2 aromatic rings. The summed E-state index contributed by atoms with van der Waals surface area (Å²) in [6.45, 7) is 1.92. The average Bonchev–Trinajstić information content (AvgIpc) is 2.42. The van der Waals surface area contributed by atoms with E-state index in [2.05, 4.69) is 14.7 Å². The number of methoxy groups -OCH3 is 1. The fraction of sp³-hybridized carbons (Fsp3) is 0.154. The number of benzene rings is 1. The number of carbonyl (C=O) groups excluding carboxylic acids is 1. The number of aryl methyl sites for hydroxylation is 1. The Labute approximate surface area is 115 Å². The van der Waals surface area contributed by atoms with Gasteiger partial charge in [0.25, 0.3) is 0 Å². The van der Waals surface area contributed by atoms with Gasteiger partial charge in [0.15, 0.2) is 5.69 Å². The lowest BCUT2D eigenvalue weighted by Crippen LogP contribution is -2.05. The molecule has 5 nitrogen and oxygen atoms in total. The summed E-state index contributed by atoms with van der Waals surface area (Å²) < 4.78 is 10.1. The molecule has 0 aliphatic heterocycles. The van der Waals surface area contributed by atoms with Gasteiger partial charge in [0.05, 0.1) is 24.5 Å². The summed E-state index contributed by atoms with van der Waals surface area (Å²) in [6.07, 6.45) is 2.70. The van der Waals surface area contributed by atoms with Crippen LogP contribution in [-0.2, 0) is 4.74 Å². The number of rotatable bonds is 3. The predicted molar refractivity (Wildman–Crippen MR) is 69.6 cm³/mol. The van der Waals surface area contributed by atoms with E-state index in [1.54, 1.807) is 12.1 Å². The van der Waals surface area contributed by atoms with Crippen LogP contribution in [0.2, 0.25) is 5.02 Å². The molecule has 0 spiro atoms. The minimum Gasteiger partial charge on any atom is -0.464 e. The SMILES string of the molecule is COC(=O)c1cncc(Oc2cc(C)ccc2Cl)n1. The zero-order valence-electron chi connectivity index (χ0n) is 10.4. The normalized spacial score (nSPS) is 10.1. The molecule has 0 saturated heterocycles. The molecule has 98 valence electrons. The van der Waals surface area contributed by atoms with E-state index < -0.39 is 5.97 Å². The second kappa shape index (κ2) is 5.67. The van der Waals surface area contributed by atoms with Crippen molar-refractivity contribution >= 4 is 17.6 Å². The topological polar surface area (TPSA) is 61.3 Å². The van der Waals surface area contributed by atoms with Gasteiger partial charge < -0.3 is 9.47 Å². The van der Waals surface area contributed by atoms with Crippen LogP contribution in [0.3, 0.4) is 0 Å². The summed E-state index contributed by atoms with van der Waals surface area (Å²) in [5.41, 5.74) is 1.07. The smallest absolute Gasteiger partial charge is 0.358 e. The second-order valence-electron chi connectivity index (χ2n) is 3.77. The molecule has 0 amide bonds. The monoisotopic (exact) mass is 278 g/mol. The van der Waals surface area contributed by atoms with Crippen LogP contribution in [0, 0.1) is 6.92 Å². The van der Waals surface area contributed by atoms with Crippen molar-refractivity contribution in [1.29, 1.82) is 0 Å². The fourth-order valence-electron chi connectivity index (χ4n) is 1.40. The zero-order chi connectivity index (χ0) is 13.8. The zero-order valence-corrected chi connectivity index (χ0v) is 11.1. The third kappa shape index (κ3) is 3.20. The predicted octanol–water partition coefficient (Wildman–Crippen LogP) is 3.02. The van der Waals surface area contributed by atoms with Gasteiger partial charge in [-0.25, -0.2) is 9.78 Å². The van der Waals surface area contributed by atoms with Gasteiger partial charge in [0.2, 0.25) is 5.88 Å². The van der Waals surface area contributed by atoms with E-state index in [4.69, 9.17) is 16.3 Å². The standard InChI is InChI=1S/C13H11ClN2O3/c1-8-3-4-9(14)11(5-8)19-12-7-15-6-10(16-12)13(17)18-2/h3-7H,1-2H3. The van der Waals surface area contributed by atoms with Crippen LogP contribution in [0.15, 0.2) is 30.6 Å². The van der Waals surface area contributed by atoms with Crippen LogP contribution < -0.4 is 4.74 Å². The molecule has 1 aromatic heterocycles. The molecule has 0 N–H and O–H groups in total. The number of nitrogens with zero attached hydrogens (tertiary/aromatic N) is 2. The number of hydrogen-bond acceptors (Lipinski definition) is 5. The van der Waals surface area contributed by atoms with Crippen molar-refractivity contribution in [3.05, 3.63) is 46.9 Å². The van der Waals surface area contributed by atoms with Crippen LogP contribution in [0.25, 0.3) is 0 Å². The Hall–Kier alpha value is -2.14. The van der Waals surface area contributed by atoms with Crippen molar-refractivity contribution in [3.63, 3.8) is 0 Å². The molecule has 0 aliphatic rings. The van der Waals surface area contributed by atoms with Crippen molar-refractivity contribution in [2.45, 2.75) is 6.92 Å². The minimum atomic E-state index is -0.576. The molecule has 0 unspecified atom stereocenters. The molecule has 19 heavy (non-hydrogen) atoms. The second-order valence-corrected chi connectivity index (χ2v) is 4.18. The van der Waals surface area contributed by atoms with Crippen LogP contribution in [0.1, 0.15) is 16.1 Å². The summed E-state index contributed by atoms with van der Waals surface area (Å²) in [5.74, 6) is 0.0571. The summed E-state index contributed by atoms with van der Waals surface area (Å²) in [4.78, 5) is 19.2. The Bertz CT molecular complexity index is 617. The molecule has 1 heterocycles. The summed E-state index contributed by atoms with van der Waals surface area (Å²) in [6, 6.07) is 5.37. The van der Waals surface area contributed by atoms with Crippen LogP contribution in [0.4, 0.5) is 0 Å². The lowest BCUT2D eigenvalue weighted by Gasteiger charge is -2.07. The third-order valence-electron chi connectivity index (χ3n) is 2.31. The summed E-state index contributed by atoms with van der Waals surface area (Å²) >= 11 is 6.01. The van der Waals surface area contributed by atoms with Gasteiger partial charge in [-0.05, 0) is 24.6 Å². The van der Waals surface area contributed by atoms with E-state index >= 15 is 0 Å².